The molecular weight excluding hydrogens is 831 g/mol. The van der Waals surface area contributed by atoms with Crippen LogP contribution in [0.2, 0.25) is 0 Å². The van der Waals surface area contributed by atoms with Gasteiger partial charge >= 0.3 is 12.4 Å². The van der Waals surface area contributed by atoms with Gasteiger partial charge in [-0.1, -0.05) is 97.1 Å². The van der Waals surface area contributed by atoms with Crippen LogP contribution in [-0.2, 0) is 25.4 Å². The Morgan fingerprint density at radius 1 is 0.476 bits per heavy atom. The van der Waals surface area contributed by atoms with Crippen molar-refractivity contribution in [1.82, 2.24) is 61.2 Å². The molecule has 0 amide bonds. The lowest BCUT2D eigenvalue weighted by Gasteiger charge is -2.15. The number of halogens is 6. The Morgan fingerprint density at radius 3 is 1.14 bits per heavy atom. The minimum atomic E-state index is -4.53. The van der Waals surface area contributed by atoms with E-state index in [0.29, 0.717) is 24.7 Å². The predicted molar refractivity (Wildman–Crippen MR) is 221 cm³/mol. The third-order valence-electron chi connectivity index (χ3n) is 9.56. The Hall–Kier alpha value is -7.68. The molecule has 8 rings (SSSR count). The average molecular weight is 869 g/mol. The maximum absolute atomic E-state index is 13.2. The molecule has 0 aliphatic carbocycles. The van der Waals surface area contributed by atoms with Crippen molar-refractivity contribution in [2.75, 3.05) is 10.6 Å². The molecule has 0 spiro atoms. The lowest BCUT2D eigenvalue weighted by molar-refractivity contribution is -0.142. The smallest absolute Gasteiger partial charge is 0.412 e. The number of aryl methyl sites for hydroxylation is 2. The number of nitrogens with one attached hydrogen (secondary N) is 4. The van der Waals surface area contributed by atoms with E-state index in [0.717, 1.165) is 44.5 Å². The highest BCUT2D eigenvalue weighted by Crippen LogP contribution is 2.35. The van der Waals surface area contributed by atoms with E-state index in [1.54, 1.807) is 0 Å². The second kappa shape index (κ2) is 18.9. The molecule has 0 aliphatic heterocycles. The summed E-state index contributed by atoms with van der Waals surface area (Å²) in [6.07, 6.45) is -9.05. The van der Waals surface area contributed by atoms with Crippen molar-refractivity contribution in [1.29, 1.82) is 0 Å². The van der Waals surface area contributed by atoms with Gasteiger partial charge in [0.1, 0.15) is 23.3 Å². The quantitative estimate of drug-likeness (QED) is 0.0955. The van der Waals surface area contributed by atoms with E-state index < -0.39 is 23.7 Å². The summed E-state index contributed by atoms with van der Waals surface area (Å²) >= 11 is 0. The summed E-state index contributed by atoms with van der Waals surface area (Å²) in [6.45, 7) is 6.25. The molecule has 0 atom stereocenters. The van der Waals surface area contributed by atoms with Crippen molar-refractivity contribution in [3.05, 3.63) is 142 Å². The molecule has 0 unspecified atom stereocenters. The fourth-order valence-electron chi connectivity index (χ4n) is 6.56. The van der Waals surface area contributed by atoms with Gasteiger partial charge in [-0.3, -0.25) is 0 Å². The van der Waals surface area contributed by atoms with Gasteiger partial charge < -0.3 is 16.1 Å². The molecule has 63 heavy (non-hydrogen) atoms. The lowest BCUT2D eigenvalue weighted by atomic mass is 9.98. The average Bonchev–Trinajstić information content (AvgIpc) is 4.00. The van der Waals surface area contributed by atoms with E-state index >= 15 is 0 Å². The number of tetrazole rings is 2. The van der Waals surface area contributed by atoms with E-state index in [-0.39, 0.29) is 39.9 Å². The summed E-state index contributed by atoms with van der Waals surface area (Å²) in [5.74, 6) is 1.61. The first-order valence-corrected chi connectivity index (χ1v) is 18.8. The van der Waals surface area contributed by atoms with Gasteiger partial charge in [0.2, 0.25) is 0 Å². The molecule has 21 heteroatoms. The number of aromatic nitrogens is 12. The van der Waals surface area contributed by atoms with Crippen LogP contribution >= 0.6 is 0 Å². The Labute approximate surface area is 355 Å². The summed E-state index contributed by atoms with van der Waals surface area (Å²) in [6, 6.07) is 30.9. The molecule has 8 aromatic rings. The van der Waals surface area contributed by atoms with Crippen LogP contribution in [0.25, 0.3) is 45.0 Å². The third kappa shape index (κ3) is 10.6. The Balaban J connectivity index is 0.000000206. The number of benzene rings is 4. The van der Waals surface area contributed by atoms with E-state index in [1.807, 2.05) is 97.1 Å². The molecule has 0 fully saturated rings. The molecule has 0 saturated heterocycles. The number of anilines is 2. The molecule has 4 aromatic carbocycles. The third-order valence-corrected chi connectivity index (χ3v) is 9.56. The highest BCUT2D eigenvalue weighted by Gasteiger charge is 2.37. The summed E-state index contributed by atoms with van der Waals surface area (Å²) in [5, 5.41) is 34.0. The van der Waals surface area contributed by atoms with Crippen molar-refractivity contribution < 1.29 is 31.8 Å². The zero-order chi connectivity index (χ0) is 44.0. The SMILES string of the molecule is Cc1nc(NCc2ccc(-c3ccccc3-c3nnn[nH]3)cc2)c(C)c(C(F)(F)F)n1.Cc1nc(NCc2ccc(-c3ccccc3-c3nnn[nH]3)cc2)c(C)c(C(F)(F)F)n1.O. The molecule has 324 valence electrons. The van der Waals surface area contributed by atoms with Gasteiger partial charge in [0.25, 0.3) is 0 Å². The first-order valence-electron chi connectivity index (χ1n) is 18.8. The zero-order valence-electron chi connectivity index (χ0n) is 33.9. The monoisotopic (exact) mass is 868 g/mol. The van der Waals surface area contributed by atoms with Crippen LogP contribution in [0.4, 0.5) is 38.0 Å². The summed E-state index contributed by atoms with van der Waals surface area (Å²) < 4.78 is 79.1. The summed E-state index contributed by atoms with van der Waals surface area (Å²) in [7, 11) is 0. The van der Waals surface area contributed by atoms with Crippen LogP contribution in [0.5, 0.6) is 0 Å². The van der Waals surface area contributed by atoms with Gasteiger partial charge in [-0.2, -0.15) is 26.3 Å². The Morgan fingerprint density at radius 2 is 0.825 bits per heavy atom. The second-order valence-electron chi connectivity index (χ2n) is 13.9. The molecule has 4 aromatic heterocycles. The number of nitrogens with zero attached hydrogens (tertiary/aromatic N) is 10. The standard InChI is InChI=1S/2C21H18F3N7.H2O/c2*1-12-18(21(22,23)24)26-13(2)27-19(12)25-11-14-7-9-15(10-8-14)16-5-3-4-6-17(16)20-28-30-31-29-20;/h2*3-10H,11H2,1-2H3,(H,25,26,27)(H,28,29,30,31);1H2. The number of hydrogen-bond donors (Lipinski definition) is 4. The van der Waals surface area contributed by atoms with E-state index in [4.69, 9.17) is 0 Å². The van der Waals surface area contributed by atoms with Crippen molar-refractivity contribution in [2.24, 2.45) is 0 Å². The van der Waals surface area contributed by atoms with Crippen LogP contribution < -0.4 is 10.6 Å². The van der Waals surface area contributed by atoms with Crippen molar-refractivity contribution in [2.45, 2.75) is 53.1 Å². The second-order valence-corrected chi connectivity index (χ2v) is 13.9. The molecule has 15 nitrogen and oxygen atoms in total. The highest BCUT2D eigenvalue weighted by molar-refractivity contribution is 5.81. The van der Waals surface area contributed by atoms with E-state index in [1.165, 1.54) is 27.7 Å². The van der Waals surface area contributed by atoms with E-state index in [9.17, 15) is 26.3 Å². The molecule has 6 N–H and O–H groups in total. The minimum Gasteiger partial charge on any atom is -0.412 e. The lowest BCUT2D eigenvalue weighted by Crippen LogP contribution is -2.15. The van der Waals surface area contributed by atoms with Gasteiger partial charge in [0.05, 0.1) is 0 Å². The van der Waals surface area contributed by atoms with Gasteiger partial charge in [0, 0.05) is 35.3 Å². The predicted octanol–water partition coefficient (Wildman–Crippen LogP) is 8.32. The zero-order valence-corrected chi connectivity index (χ0v) is 33.9. The fraction of sp³-hybridized carbons (Fsp3) is 0.190. The van der Waals surface area contributed by atoms with Crippen LogP contribution in [0, 0.1) is 27.7 Å². The van der Waals surface area contributed by atoms with Gasteiger partial charge in [0.15, 0.2) is 23.0 Å². The summed E-state index contributed by atoms with van der Waals surface area (Å²) in [4.78, 5) is 15.3. The van der Waals surface area contributed by atoms with Crippen molar-refractivity contribution in [3.8, 4) is 45.0 Å². The molecule has 4 heterocycles. The number of H-pyrrole nitrogens is 2. The number of aromatic amines is 2. The normalized spacial score (nSPS) is 11.3. The van der Waals surface area contributed by atoms with Gasteiger partial charge in [-0.25, -0.2) is 30.1 Å². The number of rotatable bonds is 10. The topological polar surface area (TPSA) is 216 Å². The van der Waals surface area contributed by atoms with Crippen LogP contribution in [0.1, 0.15) is 45.3 Å². The van der Waals surface area contributed by atoms with Crippen LogP contribution in [-0.4, -0.2) is 66.7 Å². The number of hydrogen-bond acceptors (Lipinski definition) is 12. The molecule has 0 radical (unpaired) electrons. The summed E-state index contributed by atoms with van der Waals surface area (Å²) in [5.41, 5.74) is 5.47. The molecule has 0 bridgehead atoms. The van der Waals surface area contributed by atoms with Crippen molar-refractivity contribution >= 4 is 11.6 Å². The largest absolute Gasteiger partial charge is 0.433 e. The minimum absolute atomic E-state index is 0. The molecule has 0 saturated carbocycles. The first kappa shape index (κ1) is 44.9. The number of alkyl halides is 6. The fourth-order valence-corrected chi connectivity index (χ4v) is 6.56. The van der Waals surface area contributed by atoms with Gasteiger partial charge in [-0.15, -0.1) is 10.2 Å². The van der Waals surface area contributed by atoms with Crippen LogP contribution in [0.3, 0.4) is 0 Å². The van der Waals surface area contributed by atoms with Crippen LogP contribution in [0.15, 0.2) is 97.1 Å². The maximum Gasteiger partial charge on any atom is 0.433 e. The molecule has 0 aliphatic rings. The van der Waals surface area contributed by atoms with Gasteiger partial charge in [-0.05, 0) is 81.9 Å². The first-order chi connectivity index (χ1) is 29.7. The van der Waals surface area contributed by atoms with E-state index in [2.05, 4.69) is 71.8 Å². The Bertz CT molecular complexity index is 2570. The highest BCUT2D eigenvalue weighted by atomic mass is 19.4. The molecular formula is C42H38F6N14O. The Kier molecular flexibility index (Phi) is 13.5. The maximum atomic E-state index is 13.2. The van der Waals surface area contributed by atoms with Crippen molar-refractivity contribution in [3.63, 3.8) is 0 Å².